The highest BCUT2D eigenvalue weighted by Crippen LogP contribution is 2.28. The van der Waals surface area contributed by atoms with Crippen molar-refractivity contribution in [3.05, 3.63) is 27.1 Å². The standard InChI is InChI=1S/C20H28N4O4S/c1-4-6-23(7-5-2)20(27)17-14(3)16-18(29-17)21-13-24(19(16)26)12-15(25)22-8-10-28-11-9-22/h13H,4-12H2,1-3H3. The third kappa shape index (κ3) is 4.51. The number of morpholine rings is 1. The van der Waals surface area contributed by atoms with E-state index in [1.807, 2.05) is 18.7 Å². The van der Waals surface area contributed by atoms with E-state index in [0.717, 1.165) is 12.8 Å². The maximum atomic E-state index is 13.0. The first-order valence-corrected chi connectivity index (χ1v) is 10.9. The van der Waals surface area contributed by atoms with Gasteiger partial charge in [0.05, 0.1) is 29.8 Å². The topological polar surface area (TPSA) is 84.7 Å². The molecule has 1 aliphatic heterocycles. The Labute approximate surface area is 174 Å². The first-order valence-electron chi connectivity index (χ1n) is 10.1. The van der Waals surface area contributed by atoms with E-state index in [-0.39, 0.29) is 23.9 Å². The summed E-state index contributed by atoms with van der Waals surface area (Å²) >= 11 is 1.25. The van der Waals surface area contributed by atoms with Gasteiger partial charge in [0.25, 0.3) is 11.5 Å². The number of aromatic nitrogens is 2. The molecule has 0 aliphatic carbocycles. The second-order valence-corrected chi connectivity index (χ2v) is 8.20. The molecule has 0 saturated carbocycles. The van der Waals surface area contributed by atoms with E-state index >= 15 is 0 Å². The van der Waals surface area contributed by atoms with Crippen LogP contribution in [0.3, 0.4) is 0 Å². The van der Waals surface area contributed by atoms with Gasteiger partial charge in [0.1, 0.15) is 11.4 Å². The van der Waals surface area contributed by atoms with Gasteiger partial charge in [-0.15, -0.1) is 11.3 Å². The number of thiophene rings is 1. The van der Waals surface area contributed by atoms with Gasteiger partial charge in [0.2, 0.25) is 5.91 Å². The number of amides is 2. The molecule has 29 heavy (non-hydrogen) atoms. The Kier molecular flexibility index (Phi) is 7.02. The van der Waals surface area contributed by atoms with Gasteiger partial charge in [-0.3, -0.25) is 19.0 Å². The summed E-state index contributed by atoms with van der Waals surface area (Å²) < 4.78 is 6.60. The number of carbonyl (C=O) groups excluding carboxylic acids is 2. The van der Waals surface area contributed by atoms with E-state index in [2.05, 4.69) is 4.98 Å². The average molecular weight is 421 g/mol. The largest absolute Gasteiger partial charge is 0.378 e. The zero-order chi connectivity index (χ0) is 21.0. The molecule has 0 N–H and O–H groups in total. The number of rotatable bonds is 7. The molecule has 0 unspecified atom stereocenters. The molecule has 2 aromatic rings. The van der Waals surface area contributed by atoms with Crippen molar-refractivity contribution in [2.45, 2.75) is 40.2 Å². The van der Waals surface area contributed by atoms with Crippen molar-refractivity contribution in [2.75, 3.05) is 39.4 Å². The summed E-state index contributed by atoms with van der Waals surface area (Å²) in [7, 11) is 0. The van der Waals surface area contributed by atoms with Gasteiger partial charge in [-0.2, -0.15) is 0 Å². The Balaban J connectivity index is 1.90. The predicted octanol–water partition coefficient (Wildman–Crippen LogP) is 1.89. The molecule has 158 valence electrons. The highest BCUT2D eigenvalue weighted by Gasteiger charge is 2.24. The molecule has 2 aromatic heterocycles. The maximum Gasteiger partial charge on any atom is 0.264 e. The summed E-state index contributed by atoms with van der Waals surface area (Å²) in [5.41, 5.74) is 0.375. The minimum absolute atomic E-state index is 0.0513. The molecule has 0 atom stereocenters. The summed E-state index contributed by atoms with van der Waals surface area (Å²) in [5.74, 6) is -0.178. The average Bonchev–Trinajstić information content (AvgIpc) is 3.07. The van der Waals surface area contributed by atoms with Crippen LogP contribution in [-0.4, -0.2) is 70.6 Å². The number of carbonyl (C=O) groups is 2. The molecule has 1 saturated heterocycles. The van der Waals surface area contributed by atoms with Crippen LogP contribution in [0.15, 0.2) is 11.1 Å². The van der Waals surface area contributed by atoms with Crippen LogP contribution in [-0.2, 0) is 16.1 Å². The van der Waals surface area contributed by atoms with Gasteiger partial charge >= 0.3 is 0 Å². The first kappa shape index (κ1) is 21.4. The van der Waals surface area contributed by atoms with Crippen molar-refractivity contribution in [3.8, 4) is 0 Å². The van der Waals surface area contributed by atoms with E-state index < -0.39 is 0 Å². The van der Waals surface area contributed by atoms with E-state index in [9.17, 15) is 14.4 Å². The van der Waals surface area contributed by atoms with E-state index in [0.29, 0.717) is 60.1 Å². The summed E-state index contributed by atoms with van der Waals surface area (Å²) in [6.07, 6.45) is 3.16. The lowest BCUT2D eigenvalue weighted by Crippen LogP contribution is -2.43. The molecule has 0 spiro atoms. The lowest BCUT2D eigenvalue weighted by molar-refractivity contribution is -0.135. The van der Waals surface area contributed by atoms with Crippen molar-refractivity contribution < 1.29 is 14.3 Å². The molecule has 0 aromatic carbocycles. The summed E-state index contributed by atoms with van der Waals surface area (Å²) in [6, 6.07) is 0. The van der Waals surface area contributed by atoms with Crippen LogP contribution >= 0.6 is 11.3 Å². The number of nitrogens with zero attached hydrogens (tertiary/aromatic N) is 4. The van der Waals surface area contributed by atoms with Crippen LogP contribution in [0.1, 0.15) is 41.9 Å². The molecule has 0 radical (unpaired) electrons. The van der Waals surface area contributed by atoms with Gasteiger partial charge in [0.15, 0.2) is 0 Å². The molecule has 9 heteroatoms. The second-order valence-electron chi connectivity index (χ2n) is 7.20. The molecule has 8 nitrogen and oxygen atoms in total. The number of aryl methyl sites for hydroxylation is 1. The number of hydrogen-bond acceptors (Lipinski definition) is 6. The molecule has 0 bridgehead atoms. The fraction of sp³-hybridized carbons (Fsp3) is 0.600. The van der Waals surface area contributed by atoms with Crippen molar-refractivity contribution in [1.29, 1.82) is 0 Å². The van der Waals surface area contributed by atoms with Gasteiger partial charge in [-0.05, 0) is 25.3 Å². The summed E-state index contributed by atoms with van der Waals surface area (Å²) in [6.45, 7) is 9.28. The van der Waals surface area contributed by atoms with E-state index in [1.54, 1.807) is 11.8 Å². The fourth-order valence-electron chi connectivity index (χ4n) is 3.53. The zero-order valence-corrected chi connectivity index (χ0v) is 18.1. The molecule has 1 aliphatic rings. The Hall–Kier alpha value is -2.26. The first-order chi connectivity index (χ1) is 14.0. The molecule has 3 heterocycles. The van der Waals surface area contributed by atoms with Gasteiger partial charge in [0, 0.05) is 26.2 Å². The lowest BCUT2D eigenvalue weighted by Gasteiger charge is -2.26. The summed E-state index contributed by atoms with van der Waals surface area (Å²) in [5, 5.41) is 0.434. The molecular formula is C20H28N4O4S. The van der Waals surface area contributed by atoms with Crippen molar-refractivity contribution in [2.24, 2.45) is 0 Å². The van der Waals surface area contributed by atoms with E-state index in [4.69, 9.17) is 4.74 Å². The van der Waals surface area contributed by atoms with Gasteiger partial charge < -0.3 is 14.5 Å². The Morgan fingerprint density at radius 2 is 1.86 bits per heavy atom. The molecule has 3 rings (SSSR count). The Morgan fingerprint density at radius 3 is 2.48 bits per heavy atom. The highest BCUT2D eigenvalue weighted by atomic mass is 32.1. The Bertz CT molecular complexity index is 940. The maximum absolute atomic E-state index is 13.0. The lowest BCUT2D eigenvalue weighted by atomic mass is 10.2. The number of fused-ring (bicyclic) bond motifs is 1. The molecular weight excluding hydrogens is 392 g/mol. The third-order valence-electron chi connectivity index (χ3n) is 5.06. The van der Waals surface area contributed by atoms with Crippen molar-refractivity contribution in [1.82, 2.24) is 19.4 Å². The van der Waals surface area contributed by atoms with Crippen LogP contribution in [0.5, 0.6) is 0 Å². The van der Waals surface area contributed by atoms with Crippen molar-refractivity contribution in [3.63, 3.8) is 0 Å². The predicted molar refractivity (Wildman–Crippen MR) is 113 cm³/mol. The zero-order valence-electron chi connectivity index (χ0n) is 17.3. The molecule has 2 amide bonds. The Morgan fingerprint density at radius 1 is 1.21 bits per heavy atom. The van der Waals surface area contributed by atoms with Gasteiger partial charge in [-0.25, -0.2) is 4.98 Å². The van der Waals surface area contributed by atoms with Crippen LogP contribution in [0.2, 0.25) is 0 Å². The highest BCUT2D eigenvalue weighted by molar-refractivity contribution is 7.20. The molecule has 1 fully saturated rings. The normalized spacial score (nSPS) is 14.4. The SMILES string of the molecule is CCCN(CCC)C(=O)c1sc2ncn(CC(=O)N3CCOCC3)c(=O)c2c1C. The van der Waals surface area contributed by atoms with Crippen molar-refractivity contribution >= 4 is 33.4 Å². The second kappa shape index (κ2) is 9.49. The van der Waals surface area contributed by atoms with E-state index in [1.165, 1.54) is 22.2 Å². The minimum atomic E-state index is -0.276. The monoisotopic (exact) mass is 420 g/mol. The van der Waals surface area contributed by atoms with Gasteiger partial charge in [-0.1, -0.05) is 13.8 Å². The summed E-state index contributed by atoms with van der Waals surface area (Å²) in [4.78, 5) is 47.6. The quantitative estimate of drug-likeness (QED) is 0.683. The smallest absolute Gasteiger partial charge is 0.264 e. The fourth-order valence-corrected chi connectivity index (χ4v) is 4.64. The van der Waals surface area contributed by atoms with Crippen LogP contribution in [0.25, 0.3) is 10.2 Å². The van der Waals surface area contributed by atoms with Crippen LogP contribution < -0.4 is 5.56 Å². The third-order valence-corrected chi connectivity index (χ3v) is 6.24. The minimum Gasteiger partial charge on any atom is -0.378 e. The number of hydrogen-bond donors (Lipinski definition) is 0. The van der Waals surface area contributed by atoms with Crippen LogP contribution in [0, 0.1) is 6.92 Å². The number of ether oxygens (including phenoxy) is 1. The van der Waals surface area contributed by atoms with Crippen LogP contribution in [0.4, 0.5) is 0 Å².